The summed E-state index contributed by atoms with van der Waals surface area (Å²) in [6.45, 7) is 0.297. The topological polar surface area (TPSA) is 119 Å². The summed E-state index contributed by atoms with van der Waals surface area (Å²) < 4.78 is 5.43. The van der Waals surface area contributed by atoms with Crippen LogP contribution in [0.2, 0.25) is 0 Å². The van der Waals surface area contributed by atoms with Gasteiger partial charge in [-0.15, -0.1) is 0 Å². The molecule has 5 N–H and O–H groups in total. The van der Waals surface area contributed by atoms with Crippen molar-refractivity contribution in [2.75, 3.05) is 18.9 Å². The van der Waals surface area contributed by atoms with Crippen molar-refractivity contribution < 1.29 is 19.4 Å². The molecule has 7 nitrogen and oxygen atoms in total. The van der Waals surface area contributed by atoms with Gasteiger partial charge in [0.05, 0.1) is 19.1 Å². The first-order valence-corrected chi connectivity index (χ1v) is 6.72. The summed E-state index contributed by atoms with van der Waals surface area (Å²) >= 11 is 0. The van der Waals surface area contributed by atoms with Gasteiger partial charge >= 0.3 is 0 Å². The minimum atomic E-state index is -0.736. The lowest BCUT2D eigenvalue weighted by atomic mass is 10.2. The monoisotopic (exact) mass is 293 g/mol. The van der Waals surface area contributed by atoms with Gasteiger partial charge in [0.2, 0.25) is 11.8 Å². The van der Waals surface area contributed by atoms with Gasteiger partial charge in [-0.3, -0.25) is 9.59 Å². The van der Waals surface area contributed by atoms with E-state index in [-0.39, 0.29) is 31.9 Å². The third-order valence-electron chi connectivity index (χ3n) is 3.37. The molecule has 2 amide bonds. The Morgan fingerprint density at radius 1 is 1.43 bits per heavy atom. The average molecular weight is 293 g/mol. The molecule has 7 heteroatoms. The quantitative estimate of drug-likeness (QED) is 0.631. The van der Waals surface area contributed by atoms with E-state index in [1.54, 1.807) is 24.3 Å². The summed E-state index contributed by atoms with van der Waals surface area (Å²) in [7, 11) is 0. The molecule has 1 aliphatic heterocycles. The molecule has 21 heavy (non-hydrogen) atoms. The Morgan fingerprint density at radius 2 is 2.19 bits per heavy atom. The maximum Gasteiger partial charge on any atom is 0.240 e. The molecule has 1 saturated heterocycles. The first kappa shape index (κ1) is 15.1. The van der Waals surface area contributed by atoms with E-state index >= 15 is 0 Å². The molecule has 0 aliphatic carbocycles. The van der Waals surface area contributed by atoms with Gasteiger partial charge in [0.15, 0.2) is 0 Å². The Hall–Kier alpha value is -2.28. The van der Waals surface area contributed by atoms with Crippen LogP contribution in [-0.2, 0) is 9.59 Å². The number of aliphatic hydroxyl groups is 1. The third-order valence-corrected chi connectivity index (χ3v) is 3.37. The van der Waals surface area contributed by atoms with Crippen molar-refractivity contribution in [2.45, 2.75) is 25.0 Å². The molecule has 2 atom stereocenters. The number of likely N-dealkylation sites (tertiary alicyclic amines) is 1. The molecule has 2 unspecified atom stereocenters. The predicted molar refractivity (Wildman–Crippen MR) is 76.3 cm³/mol. The zero-order chi connectivity index (χ0) is 15.4. The number of amides is 2. The van der Waals surface area contributed by atoms with Gasteiger partial charge in [-0.05, 0) is 12.1 Å². The molecule has 0 spiro atoms. The SMILES string of the molecule is NC(=O)C1CC(O)CN1C(=O)CCOc1cccc(N)c1. The number of anilines is 1. The molecule has 0 saturated carbocycles. The molecule has 0 radical (unpaired) electrons. The van der Waals surface area contributed by atoms with E-state index in [0.717, 1.165) is 0 Å². The highest BCUT2D eigenvalue weighted by atomic mass is 16.5. The lowest BCUT2D eigenvalue weighted by molar-refractivity contribution is -0.137. The summed E-state index contributed by atoms with van der Waals surface area (Å²) in [5, 5.41) is 9.55. The van der Waals surface area contributed by atoms with Crippen LogP contribution in [0, 0.1) is 0 Å². The van der Waals surface area contributed by atoms with Crippen molar-refractivity contribution in [1.82, 2.24) is 4.90 Å². The van der Waals surface area contributed by atoms with E-state index < -0.39 is 18.1 Å². The number of carbonyl (C=O) groups is 2. The number of primary amides is 1. The minimum Gasteiger partial charge on any atom is -0.493 e. The van der Waals surface area contributed by atoms with Crippen molar-refractivity contribution in [3.63, 3.8) is 0 Å². The fourth-order valence-corrected chi connectivity index (χ4v) is 2.36. The number of benzene rings is 1. The summed E-state index contributed by atoms with van der Waals surface area (Å²) in [5.74, 6) is -0.286. The van der Waals surface area contributed by atoms with Gasteiger partial charge in [0, 0.05) is 24.7 Å². The molecular weight excluding hydrogens is 274 g/mol. The smallest absolute Gasteiger partial charge is 0.240 e. The second kappa shape index (κ2) is 6.45. The van der Waals surface area contributed by atoms with Gasteiger partial charge in [0.1, 0.15) is 11.8 Å². The van der Waals surface area contributed by atoms with Crippen molar-refractivity contribution in [2.24, 2.45) is 5.73 Å². The number of nitrogens with zero attached hydrogens (tertiary/aromatic N) is 1. The number of rotatable bonds is 5. The van der Waals surface area contributed by atoms with Crippen LogP contribution in [0.1, 0.15) is 12.8 Å². The second-order valence-electron chi connectivity index (χ2n) is 5.02. The molecule has 114 valence electrons. The van der Waals surface area contributed by atoms with Crippen molar-refractivity contribution >= 4 is 17.5 Å². The lowest BCUT2D eigenvalue weighted by Crippen LogP contribution is -2.44. The van der Waals surface area contributed by atoms with Crippen LogP contribution >= 0.6 is 0 Å². The minimum absolute atomic E-state index is 0.102. The van der Waals surface area contributed by atoms with Gasteiger partial charge in [-0.25, -0.2) is 0 Å². The largest absolute Gasteiger partial charge is 0.493 e. The second-order valence-corrected chi connectivity index (χ2v) is 5.02. The summed E-state index contributed by atoms with van der Waals surface area (Å²) in [5.41, 5.74) is 11.4. The molecule has 1 fully saturated rings. The Labute approximate surface area is 122 Å². The lowest BCUT2D eigenvalue weighted by Gasteiger charge is -2.21. The van der Waals surface area contributed by atoms with E-state index in [2.05, 4.69) is 0 Å². The number of carbonyl (C=O) groups excluding carboxylic acids is 2. The van der Waals surface area contributed by atoms with E-state index in [9.17, 15) is 14.7 Å². The van der Waals surface area contributed by atoms with Crippen LogP contribution in [0.4, 0.5) is 5.69 Å². The van der Waals surface area contributed by atoms with Crippen LogP contribution in [0.25, 0.3) is 0 Å². The number of ether oxygens (including phenoxy) is 1. The van der Waals surface area contributed by atoms with Crippen LogP contribution in [0.15, 0.2) is 24.3 Å². The number of aliphatic hydroxyl groups excluding tert-OH is 1. The molecule has 1 heterocycles. The highest BCUT2D eigenvalue weighted by Crippen LogP contribution is 2.19. The molecule has 2 rings (SSSR count). The van der Waals surface area contributed by atoms with Crippen molar-refractivity contribution in [3.05, 3.63) is 24.3 Å². The molecule has 1 aromatic carbocycles. The maximum absolute atomic E-state index is 12.1. The molecule has 0 bridgehead atoms. The Kier molecular flexibility index (Phi) is 4.64. The van der Waals surface area contributed by atoms with Gasteiger partial charge in [0.25, 0.3) is 0 Å². The fourth-order valence-electron chi connectivity index (χ4n) is 2.36. The number of nitrogens with two attached hydrogens (primary N) is 2. The molecule has 0 aromatic heterocycles. The standard InChI is InChI=1S/C14H19N3O4/c15-9-2-1-3-11(6-9)21-5-4-13(19)17-8-10(18)7-12(17)14(16)20/h1-3,6,10,12,18H,4-5,7-8,15H2,(H2,16,20). The maximum atomic E-state index is 12.1. The first-order valence-electron chi connectivity index (χ1n) is 6.72. The normalized spacial score (nSPS) is 21.3. The van der Waals surface area contributed by atoms with Gasteiger partial charge < -0.3 is 26.2 Å². The van der Waals surface area contributed by atoms with Crippen LogP contribution in [0.5, 0.6) is 5.75 Å². The summed E-state index contributed by atoms with van der Waals surface area (Å²) in [6, 6.07) is 6.16. The zero-order valence-corrected chi connectivity index (χ0v) is 11.6. The number of hydrogen-bond donors (Lipinski definition) is 3. The number of hydrogen-bond acceptors (Lipinski definition) is 5. The number of nitrogen functional groups attached to an aromatic ring is 1. The van der Waals surface area contributed by atoms with E-state index in [1.807, 2.05) is 0 Å². The third kappa shape index (κ3) is 3.85. The van der Waals surface area contributed by atoms with Crippen molar-refractivity contribution in [1.29, 1.82) is 0 Å². The predicted octanol–water partition coefficient (Wildman–Crippen LogP) is -0.515. The van der Waals surface area contributed by atoms with Gasteiger partial charge in [-0.2, -0.15) is 0 Å². The molecular formula is C14H19N3O4. The Bertz CT molecular complexity index is 535. The zero-order valence-electron chi connectivity index (χ0n) is 11.6. The highest BCUT2D eigenvalue weighted by Gasteiger charge is 2.37. The Balaban J connectivity index is 1.85. The van der Waals surface area contributed by atoms with E-state index in [0.29, 0.717) is 11.4 Å². The van der Waals surface area contributed by atoms with Crippen LogP contribution in [-0.4, -0.2) is 47.1 Å². The first-order chi connectivity index (χ1) is 9.97. The van der Waals surface area contributed by atoms with Crippen LogP contribution in [0.3, 0.4) is 0 Å². The van der Waals surface area contributed by atoms with Gasteiger partial charge in [-0.1, -0.05) is 6.07 Å². The highest BCUT2D eigenvalue weighted by molar-refractivity contribution is 5.87. The van der Waals surface area contributed by atoms with E-state index in [4.69, 9.17) is 16.2 Å². The molecule has 1 aromatic rings. The Morgan fingerprint density at radius 3 is 2.86 bits per heavy atom. The number of β-amino-alcohol motifs (C(OH)–C–C–N with tert-alkyl or cyclic N) is 1. The molecule has 1 aliphatic rings. The van der Waals surface area contributed by atoms with Crippen molar-refractivity contribution in [3.8, 4) is 5.75 Å². The summed E-state index contributed by atoms with van der Waals surface area (Å²) in [6.07, 6.45) is -0.413. The van der Waals surface area contributed by atoms with E-state index in [1.165, 1.54) is 4.90 Å². The van der Waals surface area contributed by atoms with Crippen LogP contribution < -0.4 is 16.2 Å². The summed E-state index contributed by atoms with van der Waals surface area (Å²) in [4.78, 5) is 24.6. The fraction of sp³-hybridized carbons (Fsp3) is 0.429. The average Bonchev–Trinajstić information content (AvgIpc) is 2.81.